The summed E-state index contributed by atoms with van der Waals surface area (Å²) >= 11 is 0. The molecule has 0 saturated heterocycles. The fourth-order valence-electron chi connectivity index (χ4n) is 3.06. The zero-order valence-electron chi connectivity index (χ0n) is 16.4. The van der Waals surface area contributed by atoms with Gasteiger partial charge in [0.15, 0.2) is 5.96 Å². The van der Waals surface area contributed by atoms with Gasteiger partial charge in [0.05, 0.1) is 19.2 Å². The van der Waals surface area contributed by atoms with Gasteiger partial charge in [0.2, 0.25) is 0 Å². The van der Waals surface area contributed by atoms with Crippen LogP contribution in [-0.4, -0.2) is 24.5 Å². The molecule has 6 nitrogen and oxygen atoms in total. The van der Waals surface area contributed by atoms with Crippen LogP contribution < -0.4 is 21.1 Å². The van der Waals surface area contributed by atoms with Crippen molar-refractivity contribution in [2.24, 2.45) is 10.7 Å². The van der Waals surface area contributed by atoms with Crippen LogP contribution >= 0.6 is 0 Å². The molecule has 0 fully saturated rings. The Labute approximate surface area is 166 Å². The predicted octanol–water partition coefficient (Wildman–Crippen LogP) is 3.14. The van der Waals surface area contributed by atoms with Crippen molar-refractivity contribution in [3.63, 3.8) is 0 Å². The largest absolute Gasteiger partial charge is 0.493 e. The summed E-state index contributed by atoms with van der Waals surface area (Å²) < 4.78 is 5.67. The molecule has 1 heterocycles. The third-order valence-corrected chi connectivity index (χ3v) is 4.92. The molecule has 0 bridgehead atoms. The molecule has 2 atom stereocenters. The minimum atomic E-state index is -0.0521. The van der Waals surface area contributed by atoms with Gasteiger partial charge in [0, 0.05) is 23.6 Å². The van der Waals surface area contributed by atoms with Gasteiger partial charge in [0.1, 0.15) is 5.75 Å². The average Bonchev–Trinajstić information content (AvgIpc) is 2.72. The lowest BCUT2D eigenvalue weighted by molar-refractivity contribution is 0.0939. The zero-order chi connectivity index (χ0) is 19.9. The highest BCUT2D eigenvalue weighted by Gasteiger charge is 2.21. The molecule has 0 radical (unpaired) electrons. The summed E-state index contributed by atoms with van der Waals surface area (Å²) in [5.74, 6) is 1.24. The van der Waals surface area contributed by atoms with E-state index < -0.39 is 0 Å². The van der Waals surface area contributed by atoms with E-state index in [-0.39, 0.29) is 18.0 Å². The highest BCUT2D eigenvalue weighted by molar-refractivity contribution is 5.94. The number of guanidine groups is 1. The lowest BCUT2D eigenvalue weighted by Crippen LogP contribution is -2.37. The molecular weight excluding hydrogens is 352 g/mol. The van der Waals surface area contributed by atoms with Gasteiger partial charge in [-0.2, -0.15) is 0 Å². The molecule has 0 aliphatic carbocycles. The summed E-state index contributed by atoms with van der Waals surface area (Å²) in [5.41, 5.74) is 8.84. The van der Waals surface area contributed by atoms with Gasteiger partial charge in [-0.1, -0.05) is 37.3 Å². The number of rotatable bonds is 6. The lowest BCUT2D eigenvalue weighted by atomic mass is 10.0. The van der Waals surface area contributed by atoms with Gasteiger partial charge < -0.3 is 21.1 Å². The van der Waals surface area contributed by atoms with Crippen molar-refractivity contribution in [1.82, 2.24) is 10.6 Å². The summed E-state index contributed by atoms with van der Waals surface area (Å²) in [6.45, 7) is 5.15. The van der Waals surface area contributed by atoms with E-state index in [1.807, 2.05) is 62.4 Å². The van der Waals surface area contributed by atoms with Gasteiger partial charge >= 0.3 is 0 Å². The fourth-order valence-corrected chi connectivity index (χ4v) is 3.06. The van der Waals surface area contributed by atoms with E-state index in [1.54, 1.807) is 0 Å². The van der Waals surface area contributed by atoms with Crippen molar-refractivity contribution in [3.05, 3.63) is 65.2 Å². The van der Waals surface area contributed by atoms with E-state index in [2.05, 4.69) is 15.6 Å². The van der Waals surface area contributed by atoms with Crippen molar-refractivity contribution in [2.75, 3.05) is 6.61 Å². The second-order valence-electron chi connectivity index (χ2n) is 7.05. The van der Waals surface area contributed by atoms with Gasteiger partial charge in [-0.3, -0.25) is 4.79 Å². The van der Waals surface area contributed by atoms with Gasteiger partial charge in [-0.25, -0.2) is 4.99 Å². The maximum absolute atomic E-state index is 12.1. The van der Waals surface area contributed by atoms with Crippen molar-refractivity contribution < 1.29 is 9.53 Å². The number of aliphatic imine (C=N–C) groups is 1. The van der Waals surface area contributed by atoms with E-state index in [4.69, 9.17) is 10.5 Å². The first-order valence-corrected chi connectivity index (χ1v) is 9.74. The molecule has 0 aromatic heterocycles. The number of hydrogen-bond acceptors (Lipinski definition) is 3. The number of benzene rings is 2. The Kier molecular flexibility index (Phi) is 6.53. The fraction of sp³-hybridized carbons (Fsp3) is 0.364. The van der Waals surface area contributed by atoms with Crippen LogP contribution in [0.1, 0.15) is 54.2 Å². The standard InChI is InChI=1S/C22H28N4O2/c1-3-15(2)25-21(27)17-10-8-16(9-11-17)14-24-22(23)26-19-12-13-28-20-7-5-4-6-18(19)20/h4-11,15,19H,3,12-14H2,1-2H3,(H,25,27)(H3,23,24,26). The number of ether oxygens (including phenoxy) is 1. The van der Waals surface area contributed by atoms with E-state index in [0.717, 1.165) is 29.7 Å². The predicted molar refractivity (Wildman–Crippen MR) is 111 cm³/mol. The smallest absolute Gasteiger partial charge is 0.251 e. The second kappa shape index (κ2) is 9.26. The SMILES string of the molecule is CCC(C)NC(=O)c1ccc(CN=C(N)NC2CCOc3ccccc32)cc1. The molecule has 2 aromatic carbocycles. The van der Waals surface area contributed by atoms with Crippen LogP contribution in [0, 0.1) is 0 Å². The highest BCUT2D eigenvalue weighted by atomic mass is 16.5. The normalized spacial score (nSPS) is 17.2. The Morgan fingerprint density at radius 2 is 2.00 bits per heavy atom. The van der Waals surface area contributed by atoms with Crippen LogP contribution in [0.2, 0.25) is 0 Å². The molecule has 2 aromatic rings. The van der Waals surface area contributed by atoms with Crippen molar-refractivity contribution in [2.45, 2.75) is 45.3 Å². The molecule has 1 aliphatic rings. The van der Waals surface area contributed by atoms with E-state index >= 15 is 0 Å². The number of nitrogens with two attached hydrogens (primary N) is 1. The number of fused-ring (bicyclic) bond motifs is 1. The zero-order valence-corrected chi connectivity index (χ0v) is 16.4. The molecule has 0 saturated carbocycles. The van der Waals surface area contributed by atoms with E-state index in [0.29, 0.717) is 24.7 Å². The maximum Gasteiger partial charge on any atom is 0.251 e. The molecule has 0 spiro atoms. The minimum Gasteiger partial charge on any atom is -0.493 e. The molecular formula is C22H28N4O2. The third-order valence-electron chi connectivity index (χ3n) is 4.92. The Bertz CT molecular complexity index is 833. The Balaban J connectivity index is 1.57. The number of nitrogens with one attached hydrogen (secondary N) is 2. The summed E-state index contributed by atoms with van der Waals surface area (Å²) in [6, 6.07) is 15.7. The molecule has 1 aliphatic heterocycles. The molecule has 148 valence electrons. The van der Waals surface area contributed by atoms with E-state index in [1.165, 1.54) is 0 Å². The number of amides is 1. The maximum atomic E-state index is 12.1. The van der Waals surface area contributed by atoms with Crippen LogP contribution in [-0.2, 0) is 6.54 Å². The van der Waals surface area contributed by atoms with Gasteiger partial charge in [-0.05, 0) is 37.1 Å². The first kappa shape index (κ1) is 19.7. The Morgan fingerprint density at radius 3 is 2.75 bits per heavy atom. The summed E-state index contributed by atoms with van der Waals surface area (Å²) in [7, 11) is 0. The van der Waals surface area contributed by atoms with Gasteiger partial charge in [-0.15, -0.1) is 0 Å². The van der Waals surface area contributed by atoms with Crippen LogP contribution in [0.4, 0.5) is 0 Å². The van der Waals surface area contributed by atoms with Crippen molar-refractivity contribution in [3.8, 4) is 5.75 Å². The number of para-hydroxylation sites is 1. The summed E-state index contributed by atoms with van der Waals surface area (Å²) in [5, 5.41) is 6.25. The van der Waals surface area contributed by atoms with Crippen molar-refractivity contribution >= 4 is 11.9 Å². The molecule has 6 heteroatoms. The Hall–Kier alpha value is -3.02. The third kappa shape index (κ3) is 5.03. The number of carbonyl (C=O) groups excluding carboxylic acids is 1. The van der Waals surface area contributed by atoms with Crippen LogP contribution in [0.15, 0.2) is 53.5 Å². The monoisotopic (exact) mass is 380 g/mol. The lowest BCUT2D eigenvalue weighted by Gasteiger charge is -2.26. The molecule has 4 N–H and O–H groups in total. The molecule has 1 amide bonds. The summed E-state index contributed by atoms with van der Waals surface area (Å²) in [4.78, 5) is 16.6. The number of nitrogens with zero attached hydrogens (tertiary/aromatic N) is 1. The quantitative estimate of drug-likeness (QED) is 0.531. The van der Waals surface area contributed by atoms with Gasteiger partial charge in [0.25, 0.3) is 5.91 Å². The topological polar surface area (TPSA) is 88.7 Å². The molecule has 2 unspecified atom stereocenters. The molecule has 3 rings (SSSR count). The van der Waals surface area contributed by atoms with Crippen LogP contribution in [0.5, 0.6) is 5.75 Å². The Morgan fingerprint density at radius 1 is 1.25 bits per heavy atom. The second-order valence-corrected chi connectivity index (χ2v) is 7.05. The number of carbonyl (C=O) groups is 1. The average molecular weight is 380 g/mol. The minimum absolute atomic E-state index is 0.0521. The summed E-state index contributed by atoms with van der Waals surface area (Å²) in [6.07, 6.45) is 1.75. The van der Waals surface area contributed by atoms with E-state index in [9.17, 15) is 4.79 Å². The first-order chi connectivity index (χ1) is 13.6. The highest BCUT2D eigenvalue weighted by Crippen LogP contribution is 2.31. The first-order valence-electron chi connectivity index (χ1n) is 9.74. The molecule has 28 heavy (non-hydrogen) atoms. The van der Waals surface area contributed by atoms with Crippen molar-refractivity contribution in [1.29, 1.82) is 0 Å². The van der Waals surface area contributed by atoms with Crippen LogP contribution in [0.3, 0.4) is 0 Å². The van der Waals surface area contributed by atoms with Crippen LogP contribution in [0.25, 0.3) is 0 Å². The number of hydrogen-bond donors (Lipinski definition) is 3.